The van der Waals surface area contributed by atoms with Gasteiger partial charge in [-0.1, -0.05) is 6.42 Å². The van der Waals surface area contributed by atoms with Gasteiger partial charge in [0, 0.05) is 11.4 Å². The minimum absolute atomic E-state index is 0.102. The van der Waals surface area contributed by atoms with Crippen LogP contribution >= 0.6 is 0 Å². The van der Waals surface area contributed by atoms with Crippen molar-refractivity contribution in [3.05, 3.63) is 34.9 Å². The number of aromatic nitrogens is 4. The summed E-state index contributed by atoms with van der Waals surface area (Å²) in [6, 6.07) is 4.34. The van der Waals surface area contributed by atoms with Crippen LogP contribution in [-0.4, -0.2) is 19.6 Å². The summed E-state index contributed by atoms with van der Waals surface area (Å²) in [4.78, 5) is 0. The summed E-state index contributed by atoms with van der Waals surface area (Å²) in [5.74, 6) is 0. The molecule has 1 aliphatic carbocycles. The van der Waals surface area contributed by atoms with Gasteiger partial charge in [0.25, 0.3) is 0 Å². The summed E-state index contributed by atoms with van der Waals surface area (Å²) >= 11 is 0. The van der Waals surface area contributed by atoms with E-state index in [0.29, 0.717) is 0 Å². The zero-order valence-electron chi connectivity index (χ0n) is 13.0. The van der Waals surface area contributed by atoms with Gasteiger partial charge in [0.2, 0.25) is 0 Å². The molecule has 3 rings (SSSR count). The lowest BCUT2D eigenvalue weighted by molar-refractivity contribution is 0.110. The van der Waals surface area contributed by atoms with E-state index >= 15 is 0 Å². The van der Waals surface area contributed by atoms with E-state index in [-0.39, 0.29) is 5.66 Å². The molecule has 4 heteroatoms. The van der Waals surface area contributed by atoms with Crippen LogP contribution in [0.4, 0.5) is 0 Å². The van der Waals surface area contributed by atoms with Crippen LogP contribution in [0.2, 0.25) is 0 Å². The van der Waals surface area contributed by atoms with Crippen molar-refractivity contribution in [2.75, 3.05) is 0 Å². The molecule has 0 amide bonds. The topological polar surface area (TPSA) is 35.6 Å². The maximum atomic E-state index is 4.79. The normalized spacial score (nSPS) is 18.4. The van der Waals surface area contributed by atoms with Gasteiger partial charge in [0.05, 0.1) is 11.4 Å². The predicted molar refractivity (Wildman–Crippen MR) is 79.9 cm³/mol. The molecule has 0 radical (unpaired) electrons. The van der Waals surface area contributed by atoms with Crippen molar-refractivity contribution in [2.24, 2.45) is 0 Å². The first-order valence-corrected chi connectivity index (χ1v) is 7.60. The van der Waals surface area contributed by atoms with Crippen LogP contribution in [0.3, 0.4) is 0 Å². The third kappa shape index (κ3) is 1.98. The molecule has 1 saturated carbocycles. The Kier molecular flexibility index (Phi) is 3.19. The summed E-state index contributed by atoms with van der Waals surface area (Å²) in [7, 11) is 0. The van der Waals surface area contributed by atoms with Gasteiger partial charge in [-0.2, -0.15) is 10.2 Å². The van der Waals surface area contributed by atoms with Crippen molar-refractivity contribution in [2.45, 2.75) is 65.5 Å². The second kappa shape index (κ2) is 4.76. The molecule has 0 bridgehead atoms. The average Bonchev–Trinajstić information content (AvgIpc) is 2.93. The molecule has 0 unspecified atom stereocenters. The Morgan fingerprint density at radius 2 is 1.25 bits per heavy atom. The highest BCUT2D eigenvalue weighted by Crippen LogP contribution is 2.37. The fourth-order valence-corrected chi connectivity index (χ4v) is 3.73. The molecule has 0 saturated heterocycles. The molecular formula is C16H24N4. The van der Waals surface area contributed by atoms with Crippen LogP contribution in [0.25, 0.3) is 0 Å². The zero-order chi connectivity index (χ0) is 14.3. The lowest BCUT2D eigenvalue weighted by Crippen LogP contribution is -2.45. The Hall–Kier alpha value is -1.58. The van der Waals surface area contributed by atoms with Crippen LogP contribution < -0.4 is 0 Å². The summed E-state index contributed by atoms with van der Waals surface area (Å²) in [6.07, 6.45) is 6.06. The molecule has 2 aromatic rings. The molecule has 108 valence electrons. The molecule has 0 spiro atoms. The minimum atomic E-state index is -0.102. The van der Waals surface area contributed by atoms with E-state index in [1.165, 1.54) is 30.7 Å². The van der Waals surface area contributed by atoms with Crippen molar-refractivity contribution >= 4 is 0 Å². The van der Waals surface area contributed by atoms with Gasteiger partial charge in [-0.25, -0.2) is 9.36 Å². The van der Waals surface area contributed by atoms with Crippen LogP contribution in [-0.2, 0) is 5.66 Å². The molecule has 4 nitrogen and oxygen atoms in total. The summed E-state index contributed by atoms with van der Waals surface area (Å²) in [5, 5.41) is 9.58. The van der Waals surface area contributed by atoms with Crippen LogP contribution in [0.15, 0.2) is 12.1 Å². The van der Waals surface area contributed by atoms with E-state index in [9.17, 15) is 0 Å². The number of hydrogen-bond acceptors (Lipinski definition) is 2. The Labute approximate surface area is 120 Å². The highest BCUT2D eigenvalue weighted by molar-refractivity contribution is 5.14. The van der Waals surface area contributed by atoms with Gasteiger partial charge >= 0.3 is 0 Å². The Bertz CT molecular complexity index is 566. The van der Waals surface area contributed by atoms with Gasteiger partial charge in [-0.3, -0.25) is 0 Å². The summed E-state index contributed by atoms with van der Waals surface area (Å²) < 4.78 is 4.45. The molecule has 2 heterocycles. The highest BCUT2D eigenvalue weighted by atomic mass is 15.5. The lowest BCUT2D eigenvalue weighted by atomic mass is 9.88. The number of aryl methyl sites for hydroxylation is 4. The molecule has 0 aromatic carbocycles. The molecule has 1 aliphatic rings. The van der Waals surface area contributed by atoms with Gasteiger partial charge in [0.15, 0.2) is 5.66 Å². The number of hydrogen-bond donors (Lipinski definition) is 0. The first-order valence-electron chi connectivity index (χ1n) is 7.60. The second-order valence-electron chi connectivity index (χ2n) is 6.22. The molecular weight excluding hydrogens is 248 g/mol. The third-order valence-corrected chi connectivity index (χ3v) is 4.46. The van der Waals surface area contributed by atoms with Crippen LogP contribution in [0, 0.1) is 27.7 Å². The van der Waals surface area contributed by atoms with E-state index in [2.05, 4.69) is 49.2 Å². The largest absolute Gasteiger partial charge is 0.242 e. The first kappa shape index (κ1) is 13.4. The maximum absolute atomic E-state index is 4.79. The smallest absolute Gasteiger partial charge is 0.154 e. The standard InChI is InChI=1S/C16H24N4/c1-12-10-14(3)19(17-12)16(8-6-5-7-9-16)20-15(4)11-13(2)18-20/h10-11H,5-9H2,1-4H3. The predicted octanol–water partition coefficient (Wildman–Crippen LogP) is 3.48. The molecule has 0 N–H and O–H groups in total. The lowest BCUT2D eigenvalue weighted by Gasteiger charge is -2.39. The third-order valence-electron chi connectivity index (χ3n) is 4.46. The van der Waals surface area contributed by atoms with Gasteiger partial charge < -0.3 is 0 Å². The highest BCUT2D eigenvalue weighted by Gasteiger charge is 2.39. The van der Waals surface area contributed by atoms with E-state index in [1.807, 2.05) is 0 Å². The Balaban J connectivity index is 2.19. The van der Waals surface area contributed by atoms with Gasteiger partial charge in [0.1, 0.15) is 0 Å². The van der Waals surface area contributed by atoms with Crippen LogP contribution in [0.1, 0.15) is 54.9 Å². The van der Waals surface area contributed by atoms with Crippen LogP contribution in [0.5, 0.6) is 0 Å². The van der Waals surface area contributed by atoms with E-state index < -0.39 is 0 Å². The number of nitrogens with zero attached hydrogens (tertiary/aromatic N) is 4. The molecule has 1 fully saturated rings. The van der Waals surface area contributed by atoms with Crippen molar-refractivity contribution < 1.29 is 0 Å². The second-order valence-corrected chi connectivity index (χ2v) is 6.22. The monoisotopic (exact) mass is 272 g/mol. The summed E-state index contributed by atoms with van der Waals surface area (Å²) in [5.41, 5.74) is 4.55. The SMILES string of the molecule is Cc1cc(C)n(C2(n3nc(C)cc3C)CCCCC2)n1. The minimum Gasteiger partial charge on any atom is -0.242 e. The molecule has 0 aliphatic heterocycles. The van der Waals surface area contributed by atoms with Crippen molar-refractivity contribution in [3.63, 3.8) is 0 Å². The fourth-order valence-electron chi connectivity index (χ4n) is 3.73. The van der Waals surface area contributed by atoms with Crippen molar-refractivity contribution in [1.29, 1.82) is 0 Å². The van der Waals surface area contributed by atoms with Gasteiger partial charge in [-0.05, 0) is 65.5 Å². The Morgan fingerprint density at radius 1 is 0.800 bits per heavy atom. The zero-order valence-corrected chi connectivity index (χ0v) is 13.0. The van der Waals surface area contributed by atoms with Crippen molar-refractivity contribution in [3.8, 4) is 0 Å². The van der Waals surface area contributed by atoms with E-state index in [1.54, 1.807) is 0 Å². The van der Waals surface area contributed by atoms with Gasteiger partial charge in [-0.15, -0.1) is 0 Å². The number of rotatable bonds is 2. The quantitative estimate of drug-likeness (QED) is 0.839. The molecule has 20 heavy (non-hydrogen) atoms. The molecule has 0 atom stereocenters. The maximum Gasteiger partial charge on any atom is 0.154 e. The average molecular weight is 272 g/mol. The van der Waals surface area contributed by atoms with E-state index in [4.69, 9.17) is 10.2 Å². The fraction of sp³-hybridized carbons (Fsp3) is 0.625. The van der Waals surface area contributed by atoms with E-state index in [0.717, 1.165) is 24.2 Å². The first-order chi connectivity index (χ1) is 9.53. The Morgan fingerprint density at radius 3 is 1.60 bits per heavy atom. The summed E-state index contributed by atoms with van der Waals surface area (Å²) in [6.45, 7) is 8.45. The molecule has 2 aromatic heterocycles. The van der Waals surface area contributed by atoms with Crippen molar-refractivity contribution in [1.82, 2.24) is 19.6 Å².